The lowest BCUT2D eigenvalue weighted by molar-refractivity contribution is -0.00988. The molecule has 0 unspecified atom stereocenters. The van der Waals surface area contributed by atoms with E-state index in [2.05, 4.69) is 6.92 Å². The SMILES string of the molecule is CCCC1CCC(O)(Cc2ccc(O)cc2)CC1. The van der Waals surface area contributed by atoms with Gasteiger partial charge >= 0.3 is 0 Å². The fourth-order valence-corrected chi connectivity index (χ4v) is 3.08. The predicted molar refractivity (Wildman–Crippen MR) is 73.6 cm³/mol. The number of phenols is 1. The van der Waals surface area contributed by atoms with Crippen molar-refractivity contribution in [3.63, 3.8) is 0 Å². The van der Waals surface area contributed by atoms with E-state index in [4.69, 9.17) is 0 Å². The van der Waals surface area contributed by atoms with Crippen molar-refractivity contribution in [3.8, 4) is 5.75 Å². The van der Waals surface area contributed by atoms with E-state index >= 15 is 0 Å². The molecule has 1 aliphatic carbocycles. The summed E-state index contributed by atoms with van der Waals surface area (Å²) in [6.07, 6.45) is 7.41. The second-order valence-corrected chi connectivity index (χ2v) is 5.80. The van der Waals surface area contributed by atoms with Gasteiger partial charge in [0.15, 0.2) is 0 Å². The van der Waals surface area contributed by atoms with Crippen LogP contribution in [0.4, 0.5) is 0 Å². The van der Waals surface area contributed by atoms with Crippen LogP contribution in [0.1, 0.15) is 51.0 Å². The largest absolute Gasteiger partial charge is 0.508 e. The number of hydrogen-bond donors (Lipinski definition) is 2. The molecule has 0 atom stereocenters. The molecule has 0 heterocycles. The Labute approximate surface area is 110 Å². The third-order valence-electron chi connectivity index (χ3n) is 4.20. The number of aromatic hydroxyl groups is 1. The van der Waals surface area contributed by atoms with E-state index in [1.165, 1.54) is 12.8 Å². The van der Waals surface area contributed by atoms with Gasteiger partial charge in [-0.2, -0.15) is 0 Å². The van der Waals surface area contributed by atoms with Crippen molar-refractivity contribution >= 4 is 0 Å². The zero-order chi connectivity index (χ0) is 13.0. The Morgan fingerprint density at radius 2 is 1.78 bits per heavy atom. The van der Waals surface area contributed by atoms with Crippen LogP contribution >= 0.6 is 0 Å². The molecule has 0 radical (unpaired) electrons. The second-order valence-electron chi connectivity index (χ2n) is 5.80. The van der Waals surface area contributed by atoms with Crippen LogP contribution in [0.15, 0.2) is 24.3 Å². The molecule has 100 valence electrons. The summed E-state index contributed by atoms with van der Waals surface area (Å²) < 4.78 is 0. The van der Waals surface area contributed by atoms with Crippen LogP contribution in [-0.2, 0) is 6.42 Å². The lowest BCUT2D eigenvalue weighted by atomic mass is 9.75. The average Bonchev–Trinajstić information content (AvgIpc) is 2.36. The molecule has 2 rings (SSSR count). The minimum atomic E-state index is -0.527. The van der Waals surface area contributed by atoms with Crippen LogP contribution in [-0.4, -0.2) is 15.8 Å². The number of rotatable bonds is 4. The summed E-state index contributed by atoms with van der Waals surface area (Å²) in [5.74, 6) is 1.10. The van der Waals surface area contributed by atoms with Gasteiger partial charge in [-0.15, -0.1) is 0 Å². The van der Waals surface area contributed by atoms with Crippen molar-refractivity contribution in [2.45, 2.75) is 57.5 Å². The van der Waals surface area contributed by atoms with Gasteiger partial charge in [0.2, 0.25) is 0 Å². The van der Waals surface area contributed by atoms with Gasteiger partial charge in [-0.1, -0.05) is 31.9 Å². The number of benzene rings is 1. The fourth-order valence-electron chi connectivity index (χ4n) is 3.08. The van der Waals surface area contributed by atoms with E-state index in [-0.39, 0.29) is 5.75 Å². The maximum Gasteiger partial charge on any atom is 0.115 e. The first kappa shape index (κ1) is 13.4. The minimum absolute atomic E-state index is 0.289. The molecular formula is C16H24O2. The summed E-state index contributed by atoms with van der Waals surface area (Å²) in [4.78, 5) is 0. The van der Waals surface area contributed by atoms with E-state index in [1.54, 1.807) is 12.1 Å². The van der Waals surface area contributed by atoms with Crippen LogP contribution in [0, 0.1) is 5.92 Å². The Kier molecular flexibility index (Phi) is 4.28. The molecule has 18 heavy (non-hydrogen) atoms. The van der Waals surface area contributed by atoms with Gasteiger partial charge in [0.25, 0.3) is 0 Å². The van der Waals surface area contributed by atoms with Gasteiger partial charge in [-0.05, 0) is 49.3 Å². The lowest BCUT2D eigenvalue weighted by Gasteiger charge is -2.36. The summed E-state index contributed by atoms with van der Waals surface area (Å²) >= 11 is 0. The molecule has 0 amide bonds. The molecule has 2 nitrogen and oxygen atoms in total. The topological polar surface area (TPSA) is 40.5 Å². The molecule has 1 aromatic carbocycles. The van der Waals surface area contributed by atoms with Gasteiger partial charge in [0.1, 0.15) is 5.75 Å². The molecule has 2 N–H and O–H groups in total. The molecule has 0 saturated heterocycles. The molecule has 2 heteroatoms. The van der Waals surface area contributed by atoms with Gasteiger partial charge in [0, 0.05) is 6.42 Å². The van der Waals surface area contributed by atoms with Crippen LogP contribution in [0.25, 0.3) is 0 Å². The summed E-state index contributed by atoms with van der Waals surface area (Å²) in [5.41, 5.74) is 0.588. The predicted octanol–water partition coefficient (Wildman–Crippen LogP) is 3.66. The minimum Gasteiger partial charge on any atom is -0.508 e. The number of aliphatic hydroxyl groups is 1. The van der Waals surface area contributed by atoms with E-state index < -0.39 is 5.60 Å². The molecule has 1 aromatic rings. The Bertz CT molecular complexity index is 361. The van der Waals surface area contributed by atoms with E-state index in [9.17, 15) is 10.2 Å². The van der Waals surface area contributed by atoms with E-state index in [0.717, 1.165) is 37.2 Å². The van der Waals surface area contributed by atoms with Crippen molar-refractivity contribution < 1.29 is 10.2 Å². The Balaban J connectivity index is 1.91. The van der Waals surface area contributed by atoms with Crippen LogP contribution < -0.4 is 0 Å². The van der Waals surface area contributed by atoms with Crippen molar-refractivity contribution in [1.29, 1.82) is 0 Å². The number of hydrogen-bond acceptors (Lipinski definition) is 2. The molecule has 1 fully saturated rings. The lowest BCUT2D eigenvalue weighted by Crippen LogP contribution is -2.36. The molecule has 1 aliphatic rings. The first-order valence-corrected chi connectivity index (χ1v) is 7.11. The van der Waals surface area contributed by atoms with Crippen molar-refractivity contribution in [1.82, 2.24) is 0 Å². The summed E-state index contributed by atoms with van der Waals surface area (Å²) in [5, 5.41) is 19.9. The van der Waals surface area contributed by atoms with Gasteiger partial charge < -0.3 is 10.2 Å². The molecule has 1 saturated carbocycles. The standard InChI is InChI=1S/C16H24O2/c1-2-3-13-8-10-16(18,11-9-13)12-14-4-6-15(17)7-5-14/h4-7,13,17-18H,2-3,8-12H2,1H3. The highest BCUT2D eigenvalue weighted by molar-refractivity contribution is 5.27. The quantitative estimate of drug-likeness (QED) is 0.853. The zero-order valence-electron chi connectivity index (χ0n) is 11.2. The smallest absolute Gasteiger partial charge is 0.115 e. The molecule has 0 aliphatic heterocycles. The highest BCUT2D eigenvalue weighted by atomic mass is 16.3. The maximum absolute atomic E-state index is 10.6. The summed E-state index contributed by atoms with van der Waals surface area (Å²) in [7, 11) is 0. The average molecular weight is 248 g/mol. The zero-order valence-corrected chi connectivity index (χ0v) is 11.2. The van der Waals surface area contributed by atoms with Gasteiger partial charge in [-0.3, -0.25) is 0 Å². The van der Waals surface area contributed by atoms with Gasteiger partial charge in [0.05, 0.1) is 5.60 Å². The molecule has 0 spiro atoms. The Morgan fingerprint density at radius 3 is 2.33 bits per heavy atom. The highest BCUT2D eigenvalue weighted by Gasteiger charge is 2.32. The maximum atomic E-state index is 10.6. The third-order valence-corrected chi connectivity index (χ3v) is 4.20. The van der Waals surface area contributed by atoms with Crippen LogP contribution in [0.5, 0.6) is 5.75 Å². The summed E-state index contributed by atoms with van der Waals surface area (Å²) in [6, 6.07) is 7.21. The van der Waals surface area contributed by atoms with Gasteiger partial charge in [-0.25, -0.2) is 0 Å². The summed E-state index contributed by atoms with van der Waals surface area (Å²) in [6.45, 7) is 2.23. The van der Waals surface area contributed by atoms with E-state index in [1.807, 2.05) is 12.1 Å². The third kappa shape index (κ3) is 3.49. The monoisotopic (exact) mass is 248 g/mol. The van der Waals surface area contributed by atoms with Crippen molar-refractivity contribution in [2.75, 3.05) is 0 Å². The first-order chi connectivity index (χ1) is 8.61. The Morgan fingerprint density at radius 1 is 1.17 bits per heavy atom. The van der Waals surface area contributed by atoms with Crippen LogP contribution in [0.2, 0.25) is 0 Å². The highest BCUT2D eigenvalue weighted by Crippen LogP contribution is 2.36. The molecule has 0 aromatic heterocycles. The van der Waals surface area contributed by atoms with E-state index in [0.29, 0.717) is 6.42 Å². The fraction of sp³-hybridized carbons (Fsp3) is 0.625. The second kappa shape index (κ2) is 5.75. The first-order valence-electron chi connectivity index (χ1n) is 7.11. The van der Waals surface area contributed by atoms with Crippen molar-refractivity contribution in [3.05, 3.63) is 29.8 Å². The van der Waals surface area contributed by atoms with Crippen LogP contribution in [0.3, 0.4) is 0 Å². The Hall–Kier alpha value is -1.02. The molecular weight excluding hydrogens is 224 g/mol. The van der Waals surface area contributed by atoms with Crippen molar-refractivity contribution in [2.24, 2.45) is 5.92 Å². The molecule has 0 bridgehead atoms. The normalized spacial score (nSPS) is 28.2. The number of phenolic OH excluding ortho intramolecular Hbond substituents is 1.